The van der Waals surface area contributed by atoms with E-state index in [1.165, 1.54) is 0 Å². The molecule has 2 unspecified atom stereocenters. The molecule has 0 aromatic heterocycles. The van der Waals surface area contributed by atoms with Crippen LogP contribution < -0.4 is 5.32 Å². The fourth-order valence-electron chi connectivity index (χ4n) is 2.86. The number of likely N-dealkylation sites (N-methyl/N-ethyl adjacent to an activating group) is 1. The minimum Gasteiger partial charge on any atom is -0.480 e. The third kappa shape index (κ3) is 5.04. The summed E-state index contributed by atoms with van der Waals surface area (Å²) < 4.78 is 0. The van der Waals surface area contributed by atoms with Crippen LogP contribution in [0.4, 0.5) is 0 Å². The molecule has 1 heterocycles. The van der Waals surface area contributed by atoms with E-state index >= 15 is 0 Å². The monoisotopic (exact) mass is 285 g/mol. The van der Waals surface area contributed by atoms with Gasteiger partial charge in [-0.1, -0.05) is 6.92 Å². The maximum absolute atomic E-state index is 11.6. The molecule has 1 rings (SSSR count). The SMILES string of the molecule is CCCNC(C)(CC(C)N1CCCN(C)CC1)C(=O)O. The zero-order chi connectivity index (χ0) is 15.2. The topological polar surface area (TPSA) is 55.8 Å². The van der Waals surface area contributed by atoms with E-state index in [-0.39, 0.29) is 6.04 Å². The summed E-state index contributed by atoms with van der Waals surface area (Å²) in [5, 5.41) is 12.7. The van der Waals surface area contributed by atoms with Gasteiger partial charge in [0.1, 0.15) is 5.54 Å². The summed E-state index contributed by atoms with van der Waals surface area (Å²) in [7, 11) is 2.15. The minimum atomic E-state index is -0.826. The smallest absolute Gasteiger partial charge is 0.323 e. The van der Waals surface area contributed by atoms with Gasteiger partial charge in [0.15, 0.2) is 0 Å². The summed E-state index contributed by atoms with van der Waals surface area (Å²) in [6, 6.07) is 0.284. The van der Waals surface area contributed by atoms with Crippen molar-refractivity contribution in [1.82, 2.24) is 15.1 Å². The highest BCUT2D eigenvalue weighted by atomic mass is 16.4. The van der Waals surface area contributed by atoms with Crippen LogP contribution in [0, 0.1) is 0 Å². The van der Waals surface area contributed by atoms with Crippen molar-refractivity contribution in [3.8, 4) is 0 Å². The van der Waals surface area contributed by atoms with Crippen LogP contribution in [0.1, 0.15) is 40.0 Å². The van der Waals surface area contributed by atoms with Gasteiger partial charge in [-0.2, -0.15) is 0 Å². The zero-order valence-corrected chi connectivity index (χ0v) is 13.5. The molecular formula is C15H31N3O2. The quantitative estimate of drug-likeness (QED) is 0.737. The molecule has 0 radical (unpaired) electrons. The lowest BCUT2D eigenvalue weighted by Gasteiger charge is -2.35. The van der Waals surface area contributed by atoms with E-state index in [9.17, 15) is 9.90 Å². The highest BCUT2D eigenvalue weighted by molar-refractivity contribution is 5.78. The maximum Gasteiger partial charge on any atom is 0.323 e. The fourth-order valence-corrected chi connectivity index (χ4v) is 2.86. The molecule has 0 saturated carbocycles. The number of hydrogen-bond acceptors (Lipinski definition) is 4. The molecule has 0 bridgehead atoms. The Morgan fingerprint density at radius 3 is 2.65 bits per heavy atom. The van der Waals surface area contributed by atoms with Crippen molar-refractivity contribution in [3.05, 3.63) is 0 Å². The van der Waals surface area contributed by atoms with Crippen LogP contribution in [0.15, 0.2) is 0 Å². The molecule has 5 nitrogen and oxygen atoms in total. The number of rotatable bonds is 7. The number of carbonyl (C=O) groups is 1. The van der Waals surface area contributed by atoms with Crippen LogP contribution >= 0.6 is 0 Å². The Kier molecular flexibility index (Phi) is 6.92. The standard InChI is InChI=1S/C15H31N3O2/c1-5-7-16-15(3,14(19)20)12-13(2)18-9-6-8-17(4)10-11-18/h13,16H,5-12H2,1-4H3,(H,19,20). The Balaban J connectivity index is 2.60. The van der Waals surface area contributed by atoms with Crippen molar-refractivity contribution < 1.29 is 9.90 Å². The predicted molar refractivity (Wildman–Crippen MR) is 82.1 cm³/mol. The fraction of sp³-hybridized carbons (Fsp3) is 0.933. The second-order valence-electron chi connectivity index (χ2n) is 6.31. The molecular weight excluding hydrogens is 254 g/mol. The number of aliphatic carboxylic acids is 1. The third-order valence-corrected chi connectivity index (χ3v) is 4.32. The number of nitrogens with zero attached hydrogens (tertiary/aromatic N) is 2. The molecule has 1 saturated heterocycles. The average molecular weight is 285 g/mol. The first-order chi connectivity index (χ1) is 9.39. The van der Waals surface area contributed by atoms with Crippen molar-refractivity contribution >= 4 is 5.97 Å². The van der Waals surface area contributed by atoms with E-state index in [2.05, 4.69) is 36.0 Å². The van der Waals surface area contributed by atoms with Gasteiger partial charge < -0.3 is 15.3 Å². The first-order valence-electron chi connectivity index (χ1n) is 7.80. The Hall–Kier alpha value is -0.650. The molecule has 0 aromatic rings. The number of carboxylic acid groups (broad SMARTS) is 1. The maximum atomic E-state index is 11.6. The molecule has 1 aliphatic heterocycles. The summed E-state index contributed by atoms with van der Waals surface area (Å²) in [6.45, 7) is 11.1. The van der Waals surface area contributed by atoms with Crippen LogP contribution in [0.5, 0.6) is 0 Å². The molecule has 0 aliphatic carbocycles. The van der Waals surface area contributed by atoms with Crippen molar-refractivity contribution in [2.24, 2.45) is 0 Å². The van der Waals surface area contributed by atoms with E-state index in [4.69, 9.17) is 0 Å². The van der Waals surface area contributed by atoms with Crippen LogP contribution in [0.2, 0.25) is 0 Å². The van der Waals surface area contributed by atoms with Crippen molar-refractivity contribution in [2.45, 2.75) is 51.6 Å². The van der Waals surface area contributed by atoms with Crippen molar-refractivity contribution in [2.75, 3.05) is 39.8 Å². The highest BCUT2D eigenvalue weighted by Gasteiger charge is 2.35. The van der Waals surface area contributed by atoms with Crippen LogP contribution in [0.3, 0.4) is 0 Å². The lowest BCUT2D eigenvalue weighted by atomic mass is 9.92. The summed E-state index contributed by atoms with van der Waals surface area (Å²) in [5.41, 5.74) is -0.826. The normalized spacial score (nSPS) is 23.0. The molecule has 5 heteroatoms. The van der Waals surface area contributed by atoms with Crippen LogP contribution in [-0.4, -0.2) is 72.2 Å². The Morgan fingerprint density at radius 2 is 2.05 bits per heavy atom. The molecule has 0 aromatic carbocycles. The predicted octanol–water partition coefficient (Wildman–Crippen LogP) is 1.25. The van der Waals surface area contributed by atoms with Gasteiger partial charge in [0.05, 0.1) is 0 Å². The van der Waals surface area contributed by atoms with Gasteiger partial charge in [0.2, 0.25) is 0 Å². The Labute approximate surface area is 123 Å². The van der Waals surface area contributed by atoms with Gasteiger partial charge in [-0.15, -0.1) is 0 Å². The molecule has 2 N–H and O–H groups in total. The van der Waals surface area contributed by atoms with Gasteiger partial charge in [0, 0.05) is 19.1 Å². The molecule has 20 heavy (non-hydrogen) atoms. The number of hydrogen-bond donors (Lipinski definition) is 2. The molecule has 2 atom stereocenters. The van der Waals surface area contributed by atoms with Crippen molar-refractivity contribution in [3.63, 3.8) is 0 Å². The summed E-state index contributed by atoms with van der Waals surface area (Å²) in [4.78, 5) is 16.4. The van der Waals surface area contributed by atoms with Gasteiger partial charge >= 0.3 is 5.97 Å². The molecule has 1 fully saturated rings. The lowest BCUT2D eigenvalue weighted by Crippen LogP contribution is -2.54. The van der Waals surface area contributed by atoms with E-state index in [1.54, 1.807) is 0 Å². The van der Waals surface area contributed by atoms with E-state index in [0.717, 1.165) is 45.6 Å². The highest BCUT2D eigenvalue weighted by Crippen LogP contribution is 2.18. The zero-order valence-electron chi connectivity index (χ0n) is 13.5. The van der Waals surface area contributed by atoms with Gasteiger partial charge in [0.25, 0.3) is 0 Å². The number of carboxylic acids is 1. The summed E-state index contributed by atoms with van der Waals surface area (Å²) in [6.07, 6.45) is 2.75. The molecule has 118 valence electrons. The van der Waals surface area contributed by atoms with Crippen LogP contribution in [-0.2, 0) is 4.79 Å². The molecule has 1 aliphatic rings. The van der Waals surface area contributed by atoms with Gasteiger partial charge in [-0.05, 0) is 59.8 Å². The van der Waals surface area contributed by atoms with Crippen LogP contribution in [0.25, 0.3) is 0 Å². The minimum absolute atomic E-state index is 0.284. The summed E-state index contributed by atoms with van der Waals surface area (Å²) >= 11 is 0. The van der Waals surface area contributed by atoms with Gasteiger partial charge in [-0.3, -0.25) is 9.69 Å². The second kappa shape index (κ2) is 7.96. The third-order valence-electron chi connectivity index (χ3n) is 4.32. The Morgan fingerprint density at radius 1 is 1.35 bits per heavy atom. The second-order valence-corrected chi connectivity index (χ2v) is 6.31. The van der Waals surface area contributed by atoms with Gasteiger partial charge in [-0.25, -0.2) is 0 Å². The number of nitrogens with one attached hydrogen (secondary N) is 1. The summed E-state index contributed by atoms with van der Waals surface area (Å²) in [5.74, 6) is -0.746. The van der Waals surface area contributed by atoms with E-state index in [0.29, 0.717) is 6.42 Å². The van der Waals surface area contributed by atoms with Crippen molar-refractivity contribution in [1.29, 1.82) is 0 Å². The first kappa shape index (κ1) is 17.4. The molecule has 0 spiro atoms. The van der Waals surface area contributed by atoms with E-state index < -0.39 is 11.5 Å². The lowest BCUT2D eigenvalue weighted by molar-refractivity contribution is -0.145. The average Bonchev–Trinajstić information content (AvgIpc) is 2.61. The Bertz CT molecular complexity index is 311. The first-order valence-corrected chi connectivity index (χ1v) is 7.80. The molecule has 0 amide bonds. The largest absolute Gasteiger partial charge is 0.480 e. The van der Waals surface area contributed by atoms with E-state index in [1.807, 2.05) is 6.92 Å².